The van der Waals surface area contributed by atoms with Crippen LogP contribution in [0, 0.1) is 11.8 Å². The summed E-state index contributed by atoms with van der Waals surface area (Å²) in [7, 11) is 0. The third-order valence-corrected chi connectivity index (χ3v) is 13.6. The second-order valence-corrected chi connectivity index (χ2v) is 19.6. The molecular formula is C53H66BrCl2Cs2N2O11+. The van der Waals surface area contributed by atoms with E-state index in [9.17, 15) is 14.7 Å². The number of esters is 2. The molecule has 0 aliphatic carbocycles. The zero-order valence-electron chi connectivity index (χ0n) is 42.5. The van der Waals surface area contributed by atoms with Crippen LogP contribution in [0.15, 0.2) is 72.8 Å². The van der Waals surface area contributed by atoms with Crippen LogP contribution in [0.2, 0.25) is 10.0 Å². The van der Waals surface area contributed by atoms with Crippen LogP contribution in [0.4, 0.5) is 4.79 Å². The van der Waals surface area contributed by atoms with E-state index < -0.39 is 6.16 Å². The Morgan fingerprint density at radius 3 is 1.59 bits per heavy atom. The number of nitrogens with zero attached hydrogens (tertiary/aromatic N) is 2. The fraction of sp³-hybridized carbons (Fsp3) is 0.491. The third kappa shape index (κ3) is 19.7. The fourth-order valence-electron chi connectivity index (χ4n) is 9.39. The molecule has 376 valence electrons. The van der Waals surface area contributed by atoms with Crippen LogP contribution in [-0.4, -0.2) is 102 Å². The maximum Gasteiger partial charge on any atom is 1.00 e. The van der Waals surface area contributed by atoms with Gasteiger partial charge in [-0.1, -0.05) is 103 Å². The predicted octanol–water partition coefficient (Wildman–Crippen LogP) is 3.72. The van der Waals surface area contributed by atoms with E-state index in [0.29, 0.717) is 32.7 Å². The van der Waals surface area contributed by atoms with E-state index in [1.54, 1.807) is 12.1 Å². The van der Waals surface area contributed by atoms with Crippen LogP contribution < -0.4 is 157 Å². The zero-order valence-corrected chi connectivity index (χ0v) is 58.2. The van der Waals surface area contributed by atoms with E-state index in [0.717, 1.165) is 109 Å². The van der Waals surface area contributed by atoms with Crippen LogP contribution in [-0.2, 0) is 56.7 Å². The average Bonchev–Trinajstić information content (AvgIpc) is 3.84. The van der Waals surface area contributed by atoms with Crippen molar-refractivity contribution in [2.75, 3.05) is 52.5 Å². The van der Waals surface area contributed by atoms with Gasteiger partial charge in [0.15, 0.2) is 0 Å². The zero-order chi connectivity index (χ0) is 50.3. The predicted molar refractivity (Wildman–Crippen MR) is 269 cm³/mol. The van der Waals surface area contributed by atoms with Crippen molar-refractivity contribution in [3.05, 3.63) is 116 Å². The summed E-state index contributed by atoms with van der Waals surface area (Å²) < 4.78 is 28.6. The Bertz CT molecular complexity index is 2360. The Kier molecular flexibility index (Phi) is 28.7. The van der Waals surface area contributed by atoms with Crippen molar-refractivity contribution in [3.63, 3.8) is 0 Å². The molecule has 0 amide bonds. The molecule has 0 bridgehead atoms. The van der Waals surface area contributed by atoms with E-state index in [2.05, 4.69) is 71.6 Å². The average molecular weight is 1320 g/mol. The molecule has 2 unspecified atom stereocenters. The van der Waals surface area contributed by atoms with Crippen molar-refractivity contribution in [2.45, 2.75) is 103 Å². The Morgan fingerprint density at radius 2 is 1.15 bits per heavy atom. The topological polar surface area (TPSA) is 167 Å². The Labute approximate surface area is 555 Å². The smallest absolute Gasteiger partial charge is 0.565 e. The molecule has 2 fully saturated rings. The normalized spacial score (nSPS) is 16.0. The van der Waals surface area contributed by atoms with Gasteiger partial charge in [0.1, 0.15) is 40.8 Å². The van der Waals surface area contributed by atoms with E-state index in [1.807, 2.05) is 56.3 Å². The molecule has 4 aliphatic rings. The number of likely N-dealkylation sites (tertiary alicyclic amines) is 2. The van der Waals surface area contributed by atoms with Gasteiger partial charge in [0, 0.05) is 98.0 Å². The second-order valence-electron chi connectivity index (χ2n) is 18.2. The number of carbonyl (C=O) groups excluding carboxylic acids is 2. The number of hydrogen-bond donors (Lipinski definition) is 2. The molecule has 8 rings (SSSR count). The minimum atomic E-state index is -2.08. The Balaban J connectivity index is 0.000000295. The molecule has 71 heavy (non-hydrogen) atoms. The molecule has 4 heterocycles. The number of carboxylic acid groups (broad SMARTS) is 2. The molecule has 18 heteroatoms. The van der Waals surface area contributed by atoms with Crippen molar-refractivity contribution in [1.29, 1.82) is 0 Å². The SMILES string of the molecule is CCOC(=O)CC(C)CN1CC2(Cc3ccc(O)cc3O2)C1.CCOC(=O)CC(C)CN1CC2(Cc3ccc(OCc4c(Cl)cccc4CC)cc3O2)C1.CCc1cccc(Cl)c1CBr.O=C([O-])O.[Cs+].[Cs+]. The molecule has 2 N–H and O–H groups in total. The van der Waals surface area contributed by atoms with Gasteiger partial charge in [-0.05, 0) is 90.6 Å². The number of fused-ring (bicyclic) bond motifs is 2. The molecule has 4 aliphatic heterocycles. The summed E-state index contributed by atoms with van der Waals surface area (Å²) in [5, 5.41) is 27.3. The first-order valence-electron chi connectivity index (χ1n) is 23.6. The standard InChI is InChI=1S/C26H32ClNO4.C17H23NO4.C9H10BrCl.CH2O3.2Cs/c1-4-19-7-6-8-23(27)22(19)15-31-21-10-9-20-13-26(32-24(20)12-21)16-28(17-26)14-18(3)11-25(29)30-5-2;1-3-21-16(20)6-12(2)9-18-10-17(11-18)8-13-4-5-14(19)7-15(13)22-17;1-2-7-4-3-5-9(11)8(7)6-10;2-1(3)4;;/h6-10,12,18H,4-5,11,13-17H2,1-3H3;4-5,7,12,19H,3,6,8-11H2,1-2H3;3-5H,2,6H2,1H3;(H2,2,3,4);;/q;;;;2*+1/p-1. The van der Waals surface area contributed by atoms with E-state index in [1.165, 1.54) is 22.3 Å². The summed E-state index contributed by atoms with van der Waals surface area (Å²) in [5.74, 6) is 3.07. The Morgan fingerprint density at radius 1 is 0.718 bits per heavy atom. The number of phenolic OH excluding ortho intramolecular Hbond substituents is 1. The van der Waals surface area contributed by atoms with Crippen molar-refractivity contribution in [2.24, 2.45) is 11.8 Å². The van der Waals surface area contributed by atoms with Crippen LogP contribution in [0.5, 0.6) is 23.0 Å². The van der Waals surface area contributed by atoms with Gasteiger partial charge in [-0.25, -0.2) is 0 Å². The minimum absolute atomic E-state index is 0. The van der Waals surface area contributed by atoms with Crippen LogP contribution in [0.25, 0.3) is 0 Å². The summed E-state index contributed by atoms with van der Waals surface area (Å²) in [6.07, 6.45) is 2.61. The first kappa shape index (κ1) is 64.7. The van der Waals surface area contributed by atoms with Gasteiger partial charge in [-0.15, -0.1) is 0 Å². The maximum atomic E-state index is 11.7. The molecular weight excluding hydrogens is 1260 g/mol. The molecule has 4 aromatic rings. The van der Waals surface area contributed by atoms with Crippen LogP contribution >= 0.6 is 39.1 Å². The largest absolute Gasteiger partial charge is 1.00 e. The minimum Gasteiger partial charge on any atom is -0.565 e. The number of rotatable bonds is 16. The summed E-state index contributed by atoms with van der Waals surface area (Å²) in [6, 6.07) is 23.5. The summed E-state index contributed by atoms with van der Waals surface area (Å²) in [6.45, 7) is 18.7. The number of alkyl halides is 1. The number of ether oxygens (including phenoxy) is 5. The van der Waals surface area contributed by atoms with Gasteiger partial charge in [0.05, 0.1) is 13.2 Å². The molecule has 2 atom stereocenters. The third-order valence-electron chi connectivity index (χ3n) is 12.3. The molecule has 2 spiro atoms. The van der Waals surface area contributed by atoms with Gasteiger partial charge in [-0.2, -0.15) is 0 Å². The van der Waals surface area contributed by atoms with Gasteiger partial charge in [0.25, 0.3) is 0 Å². The summed E-state index contributed by atoms with van der Waals surface area (Å²) in [5.41, 5.74) is 6.90. The van der Waals surface area contributed by atoms with Gasteiger partial charge in [0.2, 0.25) is 6.16 Å². The number of hydrogen-bond acceptors (Lipinski definition) is 12. The monoisotopic (exact) mass is 1320 g/mol. The molecule has 4 aromatic carbocycles. The van der Waals surface area contributed by atoms with E-state index in [-0.39, 0.29) is 179 Å². The van der Waals surface area contributed by atoms with Gasteiger partial charge < -0.3 is 43.8 Å². The summed E-state index contributed by atoms with van der Waals surface area (Å²) in [4.78, 5) is 36.3. The van der Waals surface area contributed by atoms with Crippen LogP contribution in [0.1, 0.15) is 87.8 Å². The van der Waals surface area contributed by atoms with Crippen LogP contribution in [0.3, 0.4) is 0 Å². The first-order valence-corrected chi connectivity index (χ1v) is 25.5. The number of phenols is 1. The van der Waals surface area contributed by atoms with Gasteiger partial charge in [-0.3, -0.25) is 19.4 Å². The first-order chi connectivity index (χ1) is 32.9. The van der Waals surface area contributed by atoms with Crippen molar-refractivity contribution in [1.82, 2.24) is 9.80 Å². The number of aromatic hydroxyl groups is 1. The maximum absolute atomic E-state index is 11.7. The van der Waals surface area contributed by atoms with E-state index >= 15 is 0 Å². The molecule has 0 saturated carbocycles. The number of benzene rings is 4. The molecule has 13 nitrogen and oxygen atoms in total. The van der Waals surface area contributed by atoms with E-state index in [4.69, 9.17) is 61.9 Å². The molecule has 2 saturated heterocycles. The second kappa shape index (κ2) is 31.6. The fourth-order valence-corrected chi connectivity index (χ4v) is 10.7. The summed E-state index contributed by atoms with van der Waals surface area (Å²) >= 11 is 15.8. The number of aryl methyl sites for hydroxylation is 2. The Hall–Kier alpha value is -0.626. The molecule has 0 radical (unpaired) electrons. The van der Waals surface area contributed by atoms with Crippen molar-refractivity contribution in [3.8, 4) is 23.0 Å². The molecule has 0 aromatic heterocycles. The number of halogens is 3. The van der Waals surface area contributed by atoms with Crippen molar-refractivity contribution >= 4 is 57.2 Å². The quantitative estimate of drug-likeness (QED) is 0.123. The van der Waals surface area contributed by atoms with Crippen molar-refractivity contribution < 1.29 is 191 Å². The number of carbonyl (C=O) groups is 3. The van der Waals surface area contributed by atoms with Gasteiger partial charge >= 0.3 is 150 Å².